The maximum absolute atomic E-state index is 12.9. The SMILES string of the molecule is CCCn1cc(CO[C@@H]2OC(CO)[C@@H](O[C@@H]3OC(CO)[C@H](O)C(O[C@H]4OC(CO)[C@H](O)C(O)C4O)C3O)C(O)C2NC(C)=O)nn1.CO[C@@H]1OC(CO)[C@@H](O[C@@H]2OC(CO[C@]3(C(=O)O)C[C@@H](O)[C@@H](NC(=O)O)C([C@H](O)[C@H](O)CNC(=O)c4ccc(-c5ccccc5)cc4)O3)[C@H](O)[C@H](O)C2O)[C@H](O)C1NC(C)=O. The molecule has 9 rings (SSSR count). The van der Waals surface area contributed by atoms with Gasteiger partial charge in [-0.15, -0.1) is 5.10 Å². The summed E-state index contributed by atoms with van der Waals surface area (Å²) in [4.78, 5) is 61.3. The third-order valence-electron chi connectivity index (χ3n) is 18.5. The molecule has 6 saturated heterocycles. The molecule has 1 aromatic heterocycles. The van der Waals surface area contributed by atoms with Crippen LogP contribution in [0.15, 0.2) is 60.8 Å². The van der Waals surface area contributed by atoms with Gasteiger partial charge < -0.3 is 175 Å². The summed E-state index contributed by atoms with van der Waals surface area (Å²) >= 11 is 0. The second-order valence-electron chi connectivity index (χ2n) is 26.0. The molecule has 31 atom stereocenters. The number of ether oxygens (including phenoxy) is 12. The van der Waals surface area contributed by atoms with Crippen molar-refractivity contribution in [3.8, 4) is 11.1 Å². The molecule has 43 nitrogen and oxygen atoms in total. The van der Waals surface area contributed by atoms with Crippen LogP contribution in [0, 0.1) is 0 Å². The molecule has 0 saturated carbocycles. The van der Waals surface area contributed by atoms with E-state index < -0.39 is 265 Å². The highest BCUT2D eigenvalue weighted by Crippen LogP contribution is 2.38. The first-order chi connectivity index (χ1) is 50.8. The smallest absolute Gasteiger partial charge is 0.405 e. The van der Waals surface area contributed by atoms with E-state index in [9.17, 15) is 121 Å². The molecule has 3 aromatic rings. The zero-order valence-corrected chi connectivity index (χ0v) is 57.9. The highest BCUT2D eigenvalue weighted by Gasteiger charge is 2.59. The summed E-state index contributed by atoms with van der Waals surface area (Å²) in [5, 5.41) is 217. The standard InChI is InChI=1S/C38H51N3O20.C26H44N4O16/c1-16(43)40-25-28(48)31(22(14-42)58-34(25)56-2)60-35-30(50)29(49)27(47)23(59-35)15-57-38(36(52)53)12-20(44)24(41-37(54)55)32(61-38)26(46)21(45)13-39-33(51)19-10-8-18(9-11-19)17-6-4-3-5-7-17;1-3-4-30-5-11(28-29-30)9-41-24-15(27-10(2)34)18(37)22(14(8-33)44-24)45-26-21(40)23(17(36)13(7-32)43-26)46-25-20(39)19(38)16(35)12(6-31)42-25/h3-11,20-32,34-35,41-42,44-50H,12-15H2,1-2H3,(H,39,51)(H,40,43)(H,52,53)(H,54,55);5,12-26,31-33,35-40H,3-4,6-9H2,1-2H3,(H,27,34)/t20-,21-,22?,23?,24-,25?,26-,27+,28-,29+,30?,31-,32?,34-,35+,38-;12?,13?,14?,15?,16-,17-,18?,19?,20?,21?,22+,23?,24+,25+,26-/m10/s1. The molecule has 6 fully saturated rings. The average Bonchev–Trinajstić information content (AvgIpc) is 0.912. The Morgan fingerprint density at radius 2 is 1.07 bits per heavy atom. The van der Waals surface area contributed by atoms with Gasteiger partial charge in [-0.05, 0) is 29.7 Å². The van der Waals surface area contributed by atoms with Gasteiger partial charge >= 0.3 is 12.1 Å². The Bertz CT molecular complexity index is 3300. The summed E-state index contributed by atoms with van der Waals surface area (Å²) in [6.45, 7) is -0.00111. The molecule has 2 aromatic carbocycles. The molecule has 0 spiro atoms. The maximum atomic E-state index is 12.9. The van der Waals surface area contributed by atoms with Gasteiger partial charge in [0, 0.05) is 46.0 Å². The number of nitrogens with zero attached hydrogens (tertiary/aromatic N) is 3. The number of amides is 4. The Kier molecular flexibility index (Phi) is 31.4. The van der Waals surface area contributed by atoms with Crippen molar-refractivity contribution in [3.63, 3.8) is 0 Å². The molecule has 4 amide bonds. The lowest BCUT2D eigenvalue weighted by Crippen LogP contribution is -2.69. The number of benzene rings is 2. The van der Waals surface area contributed by atoms with Gasteiger partial charge in [-0.2, -0.15) is 0 Å². The fourth-order valence-electron chi connectivity index (χ4n) is 12.8. The Morgan fingerprint density at radius 1 is 0.579 bits per heavy atom. The first-order valence-corrected chi connectivity index (χ1v) is 33.9. The van der Waals surface area contributed by atoms with Gasteiger partial charge in [0.2, 0.25) is 11.8 Å². The molecule has 602 valence electrons. The Morgan fingerprint density at radius 3 is 1.60 bits per heavy atom. The number of aliphatic hydroxyl groups excluding tert-OH is 17. The summed E-state index contributed by atoms with van der Waals surface area (Å²) in [6.07, 6.45) is -47.3. The van der Waals surface area contributed by atoms with Crippen LogP contribution in [0.1, 0.15) is 49.7 Å². The number of hydrogen-bond donors (Lipinski definition) is 23. The predicted octanol–water partition coefficient (Wildman–Crippen LogP) is -10.4. The van der Waals surface area contributed by atoms with Crippen LogP contribution in [0.5, 0.6) is 0 Å². The monoisotopic (exact) mass is 1540 g/mol. The Hall–Kier alpha value is -6.43. The van der Waals surface area contributed by atoms with E-state index in [1.54, 1.807) is 23.0 Å². The van der Waals surface area contributed by atoms with E-state index in [0.717, 1.165) is 24.5 Å². The third kappa shape index (κ3) is 20.8. The van der Waals surface area contributed by atoms with Gasteiger partial charge in [-0.25, -0.2) is 9.59 Å². The van der Waals surface area contributed by atoms with Crippen LogP contribution in [-0.2, 0) is 84.4 Å². The van der Waals surface area contributed by atoms with E-state index in [0.29, 0.717) is 12.2 Å². The number of carbonyl (C=O) groups is 5. The molecule has 7 heterocycles. The summed E-state index contributed by atoms with van der Waals surface area (Å²) in [7, 11) is 1.21. The lowest BCUT2D eigenvalue weighted by molar-refractivity contribution is -0.376. The largest absolute Gasteiger partial charge is 0.477 e. The van der Waals surface area contributed by atoms with Crippen LogP contribution < -0.4 is 21.3 Å². The van der Waals surface area contributed by atoms with Crippen molar-refractivity contribution < 1.29 is 178 Å². The molecular formula is C64H95N7O36. The number of aliphatic carboxylic acids is 1. The van der Waals surface area contributed by atoms with Crippen molar-refractivity contribution >= 4 is 29.8 Å². The van der Waals surface area contributed by atoms with Crippen molar-refractivity contribution in [2.24, 2.45) is 0 Å². The number of aryl methyl sites for hydroxylation is 1. The fourth-order valence-corrected chi connectivity index (χ4v) is 12.8. The zero-order chi connectivity index (χ0) is 78.5. The number of carboxylic acid groups (broad SMARTS) is 2. The minimum absolute atomic E-state index is 0.127. The number of nitrogens with one attached hydrogen (secondary N) is 4. The molecule has 14 unspecified atom stereocenters. The van der Waals surface area contributed by atoms with Crippen molar-refractivity contribution in [2.45, 2.75) is 236 Å². The molecule has 43 heteroatoms. The molecule has 0 bridgehead atoms. The lowest BCUT2D eigenvalue weighted by atomic mass is 9.88. The number of aromatic nitrogens is 3. The van der Waals surface area contributed by atoms with E-state index in [1.165, 1.54) is 26.2 Å². The number of aliphatic hydroxyl groups is 17. The summed E-state index contributed by atoms with van der Waals surface area (Å²) in [5.74, 6) is -6.76. The predicted molar refractivity (Wildman–Crippen MR) is 347 cm³/mol. The first-order valence-electron chi connectivity index (χ1n) is 33.9. The molecule has 107 heavy (non-hydrogen) atoms. The van der Waals surface area contributed by atoms with E-state index in [-0.39, 0.29) is 12.2 Å². The molecule has 0 radical (unpaired) electrons. The average molecular weight is 1540 g/mol. The van der Waals surface area contributed by atoms with E-state index in [1.807, 2.05) is 42.6 Å². The van der Waals surface area contributed by atoms with Crippen LogP contribution in [0.25, 0.3) is 11.1 Å². The molecule has 6 aliphatic rings. The maximum Gasteiger partial charge on any atom is 0.405 e. The van der Waals surface area contributed by atoms with Gasteiger partial charge in [0.05, 0.1) is 64.1 Å². The summed E-state index contributed by atoms with van der Waals surface area (Å²) in [6, 6.07) is 11.4. The van der Waals surface area contributed by atoms with Gasteiger partial charge in [0.25, 0.3) is 11.7 Å². The van der Waals surface area contributed by atoms with Crippen LogP contribution in [-0.4, -0.2) is 378 Å². The first kappa shape index (κ1) is 86.2. The van der Waals surface area contributed by atoms with Crippen LogP contribution in [0.3, 0.4) is 0 Å². The van der Waals surface area contributed by atoms with Crippen LogP contribution in [0.2, 0.25) is 0 Å². The van der Waals surface area contributed by atoms with Crippen LogP contribution in [0.4, 0.5) is 4.79 Å². The number of carbonyl (C=O) groups excluding carboxylic acids is 3. The highest BCUT2D eigenvalue weighted by atomic mass is 16.8. The topological polar surface area (TPSA) is 659 Å². The van der Waals surface area contributed by atoms with Gasteiger partial charge in [-0.1, -0.05) is 54.6 Å². The minimum atomic E-state index is -2.97. The third-order valence-corrected chi connectivity index (χ3v) is 18.5. The number of rotatable bonds is 29. The molecular weight excluding hydrogens is 1440 g/mol. The summed E-state index contributed by atoms with van der Waals surface area (Å²) in [5.41, 5.74) is 2.33. The zero-order valence-electron chi connectivity index (χ0n) is 57.9. The Labute approximate surface area is 608 Å². The van der Waals surface area contributed by atoms with Crippen molar-refractivity contribution in [3.05, 3.63) is 72.1 Å². The summed E-state index contributed by atoms with van der Waals surface area (Å²) < 4.78 is 68.9. The second kappa shape index (κ2) is 39.0. The number of hydrogen-bond acceptors (Lipinski definition) is 36. The minimum Gasteiger partial charge on any atom is -0.477 e. The van der Waals surface area contributed by atoms with Crippen molar-refractivity contribution in [1.82, 2.24) is 36.3 Å². The van der Waals surface area contributed by atoms with Gasteiger partial charge in [0.1, 0.15) is 140 Å². The Balaban J connectivity index is 0.000000281. The number of methoxy groups -OCH3 is 1. The van der Waals surface area contributed by atoms with E-state index in [4.69, 9.17) is 56.8 Å². The van der Waals surface area contributed by atoms with Gasteiger partial charge in [-0.3, -0.25) is 19.1 Å². The molecule has 0 aliphatic carbocycles. The second-order valence-corrected chi connectivity index (χ2v) is 26.0. The van der Waals surface area contributed by atoms with Crippen LogP contribution >= 0.6 is 0 Å². The fraction of sp³-hybridized carbons (Fsp3) is 0.703. The molecule has 6 aliphatic heterocycles. The van der Waals surface area contributed by atoms with E-state index in [2.05, 4.69) is 26.3 Å². The van der Waals surface area contributed by atoms with E-state index >= 15 is 0 Å². The van der Waals surface area contributed by atoms with Crippen molar-refractivity contribution in [1.29, 1.82) is 0 Å². The molecule has 23 N–H and O–H groups in total. The van der Waals surface area contributed by atoms with Gasteiger partial charge in [0.15, 0.2) is 31.5 Å². The lowest BCUT2D eigenvalue weighted by Gasteiger charge is -2.48. The highest BCUT2D eigenvalue weighted by molar-refractivity contribution is 5.94. The van der Waals surface area contributed by atoms with Crippen molar-refractivity contribution in [2.75, 3.05) is 46.7 Å². The normalized spacial score (nSPS) is 37.9. The number of carboxylic acids is 1. The quantitative estimate of drug-likeness (QED) is 0.0307.